The van der Waals surface area contributed by atoms with E-state index in [9.17, 15) is 43.9 Å². The molecule has 0 spiro atoms. The summed E-state index contributed by atoms with van der Waals surface area (Å²) >= 11 is 2.43. The fourth-order valence-corrected chi connectivity index (χ4v) is 16.5. The molecule has 0 unspecified atom stereocenters. The van der Waals surface area contributed by atoms with Crippen molar-refractivity contribution in [1.82, 2.24) is 18.4 Å². The molecule has 2 aromatic carbocycles. The van der Waals surface area contributed by atoms with Crippen molar-refractivity contribution in [1.29, 1.82) is 0 Å². The molecular formula is C44H62N6O10S6. The van der Waals surface area contributed by atoms with Crippen LogP contribution >= 0.6 is 22.7 Å². The molecule has 2 atom stereocenters. The Kier molecular flexibility index (Phi) is 15.5. The minimum absolute atomic E-state index is 0.123. The van der Waals surface area contributed by atoms with E-state index in [-0.39, 0.29) is 35.1 Å². The minimum atomic E-state index is -3.56. The highest BCUT2D eigenvalue weighted by atomic mass is 32.3. The Hall–Kier alpha value is -3.00. The van der Waals surface area contributed by atoms with Crippen LogP contribution in [0.4, 0.5) is 11.4 Å². The Morgan fingerprint density at radius 2 is 0.864 bits per heavy atom. The summed E-state index contributed by atoms with van der Waals surface area (Å²) in [4.78, 5) is 8.64. The molecular weight excluding hydrogens is 965 g/mol. The summed E-state index contributed by atoms with van der Waals surface area (Å²) in [7, 11) is -13.1. The molecule has 66 heavy (non-hydrogen) atoms. The van der Waals surface area contributed by atoms with Crippen LogP contribution < -0.4 is 9.80 Å². The molecule has 2 N–H and O–H groups in total. The second-order valence-electron chi connectivity index (χ2n) is 18.4. The lowest BCUT2D eigenvalue weighted by Gasteiger charge is -2.44. The van der Waals surface area contributed by atoms with Gasteiger partial charge in [0.1, 0.15) is 8.42 Å². The van der Waals surface area contributed by atoms with Gasteiger partial charge >= 0.3 is 0 Å². The summed E-state index contributed by atoms with van der Waals surface area (Å²) in [5, 5.41) is 24.1. The van der Waals surface area contributed by atoms with E-state index >= 15 is 0 Å². The molecule has 4 aliphatic rings. The van der Waals surface area contributed by atoms with Crippen LogP contribution in [0.2, 0.25) is 0 Å². The first kappa shape index (κ1) is 50.9. The molecule has 2 aromatic heterocycles. The zero-order chi connectivity index (χ0) is 47.7. The topological polar surface area (TPSA) is 196 Å². The van der Waals surface area contributed by atoms with Crippen molar-refractivity contribution >= 4 is 73.8 Å². The van der Waals surface area contributed by atoms with Gasteiger partial charge in [-0.15, -0.1) is 22.7 Å². The third kappa shape index (κ3) is 12.4. The highest BCUT2D eigenvalue weighted by Crippen LogP contribution is 2.31. The number of aliphatic hydroxyl groups is 2. The molecule has 16 nitrogen and oxygen atoms in total. The molecule has 22 heteroatoms. The van der Waals surface area contributed by atoms with Gasteiger partial charge in [-0.1, -0.05) is 36.4 Å². The van der Waals surface area contributed by atoms with Gasteiger partial charge in [0.2, 0.25) is 0 Å². The number of hydrogen-bond donors (Lipinski definition) is 2. The predicted octanol–water partition coefficient (Wildman–Crippen LogP) is 3.17. The summed E-state index contributed by atoms with van der Waals surface area (Å²) in [5.41, 5.74) is 1.66. The normalized spacial score (nSPS) is 23.0. The van der Waals surface area contributed by atoms with E-state index in [1.54, 1.807) is 71.3 Å². The second-order valence-corrected chi connectivity index (χ2v) is 29.2. The maximum atomic E-state index is 13.2. The molecule has 0 saturated carbocycles. The number of thiophene rings is 2. The molecule has 0 bridgehead atoms. The Morgan fingerprint density at radius 3 is 1.15 bits per heavy atom. The summed E-state index contributed by atoms with van der Waals surface area (Å²) in [5.74, 6) is 0.544. The molecule has 0 amide bonds. The van der Waals surface area contributed by atoms with Crippen LogP contribution in [0.5, 0.6) is 0 Å². The van der Waals surface area contributed by atoms with Crippen molar-refractivity contribution in [3.05, 3.63) is 94.7 Å². The molecule has 364 valence electrons. The van der Waals surface area contributed by atoms with E-state index in [1.165, 1.54) is 22.7 Å². The van der Waals surface area contributed by atoms with Gasteiger partial charge in [0, 0.05) is 89.9 Å². The second kappa shape index (κ2) is 20.2. The van der Waals surface area contributed by atoms with Crippen LogP contribution in [-0.2, 0) is 50.9 Å². The van der Waals surface area contributed by atoms with Crippen LogP contribution in [0, 0.1) is 0 Å². The summed E-state index contributed by atoms with van der Waals surface area (Å²) < 4.78 is 104. The fraction of sp³-hybridized carbons (Fsp3) is 0.545. The monoisotopic (exact) mass is 1030 g/mol. The van der Waals surface area contributed by atoms with Crippen molar-refractivity contribution in [2.24, 2.45) is 0 Å². The third-order valence-electron chi connectivity index (χ3n) is 12.7. The smallest absolute Gasteiger partial charge is 0.252 e. The van der Waals surface area contributed by atoms with Crippen LogP contribution in [0.15, 0.2) is 92.0 Å². The number of anilines is 2. The summed E-state index contributed by atoms with van der Waals surface area (Å²) in [6.07, 6.45) is 0. The molecule has 4 fully saturated rings. The minimum Gasteiger partial charge on any atom is -0.386 e. The van der Waals surface area contributed by atoms with Gasteiger partial charge in [-0.3, -0.25) is 9.80 Å². The number of benzene rings is 2. The lowest BCUT2D eigenvalue weighted by molar-refractivity contribution is 0.0780. The maximum absolute atomic E-state index is 13.2. The van der Waals surface area contributed by atoms with Crippen LogP contribution in [0.1, 0.15) is 38.8 Å². The first-order valence-corrected chi connectivity index (χ1v) is 30.3. The summed E-state index contributed by atoms with van der Waals surface area (Å²) in [6, 6.07) is 21.9. The van der Waals surface area contributed by atoms with Gasteiger partial charge in [0.25, 0.3) is 20.0 Å². The van der Waals surface area contributed by atoms with E-state index in [1.807, 2.05) is 48.5 Å². The molecule has 4 saturated heterocycles. The number of nitrogens with zero attached hydrogens (tertiary/aromatic N) is 6. The van der Waals surface area contributed by atoms with Gasteiger partial charge in [0.05, 0.1) is 46.3 Å². The fourth-order valence-electron chi connectivity index (χ4n) is 8.74. The zero-order valence-corrected chi connectivity index (χ0v) is 42.7. The van der Waals surface area contributed by atoms with Crippen molar-refractivity contribution in [3.63, 3.8) is 0 Å². The molecule has 6 heterocycles. The number of piperazine rings is 2. The Bertz CT molecular complexity index is 2470. The van der Waals surface area contributed by atoms with Crippen molar-refractivity contribution in [2.75, 3.05) is 111 Å². The Balaban J connectivity index is 0.000000196. The first-order chi connectivity index (χ1) is 30.9. The van der Waals surface area contributed by atoms with Gasteiger partial charge < -0.3 is 20.0 Å². The van der Waals surface area contributed by atoms with E-state index in [2.05, 4.69) is 19.6 Å². The van der Waals surface area contributed by atoms with E-state index in [0.29, 0.717) is 87.0 Å². The van der Waals surface area contributed by atoms with E-state index in [4.69, 9.17) is 0 Å². The molecule has 0 radical (unpaired) electrons. The lowest BCUT2D eigenvalue weighted by atomic mass is 9.98. The van der Waals surface area contributed by atoms with Crippen LogP contribution in [-0.4, -0.2) is 176 Å². The number of sulfone groups is 2. The Morgan fingerprint density at radius 1 is 0.530 bits per heavy atom. The largest absolute Gasteiger partial charge is 0.386 e. The van der Waals surface area contributed by atoms with Gasteiger partial charge in [-0.25, -0.2) is 33.7 Å². The standard InChI is InChI=1S/2C22H31N3O5S3/c2*1-22(2,26)18-5-7-19(8-6-18)25-10-9-24(33(29,30)21-4-3-13-31-21)17-20(25)16-23-11-14-32(27,28)15-12-23/h2*3-8,13,20,26H,9-12,14-17H2,1-2H3/t2*20-/m00/s1. The van der Waals surface area contributed by atoms with Crippen LogP contribution in [0.25, 0.3) is 0 Å². The van der Waals surface area contributed by atoms with Crippen molar-refractivity contribution < 1.29 is 43.9 Å². The highest BCUT2D eigenvalue weighted by molar-refractivity contribution is 7.92. The summed E-state index contributed by atoms with van der Waals surface area (Å²) in [6.45, 7) is 12.4. The quantitative estimate of drug-likeness (QED) is 0.210. The molecule has 0 aliphatic carbocycles. The van der Waals surface area contributed by atoms with E-state index < -0.39 is 50.9 Å². The van der Waals surface area contributed by atoms with Crippen molar-refractivity contribution in [3.8, 4) is 0 Å². The van der Waals surface area contributed by atoms with Gasteiger partial charge in [0.15, 0.2) is 19.7 Å². The third-order valence-corrected chi connectivity index (χ3v) is 22.4. The average Bonchev–Trinajstić information content (AvgIpc) is 4.02. The molecule has 8 rings (SSSR count). The highest BCUT2D eigenvalue weighted by Gasteiger charge is 2.39. The first-order valence-electron chi connectivity index (χ1n) is 22.0. The number of sulfonamides is 2. The van der Waals surface area contributed by atoms with Crippen molar-refractivity contribution in [2.45, 2.75) is 59.4 Å². The molecule has 4 aliphatic heterocycles. The lowest BCUT2D eigenvalue weighted by Crippen LogP contribution is -2.59. The predicted molar refractivity (Wildman–Crippen MR) is 262 cm³/mol. The maximum Gasteiger partial charge on any atom is 0.252 e. The Labute approximate surface area is 399 Å². The van der Waals surface area contributed by atoms with E-state index in [0.717, 1.165) is 22.5 Å². The van der Waals surface area contributed by atoms with Crippen LogP contribution in [0.3, 0.4) is 0 Å². The van der Waals surface area contributed by atoms with Gasteiger partial charge in [-0.2, -0.15) is 8.61 Å². The number of hydrogen-bond acceptors (Lipinski definition) is 16. The van der Waals surface area contributed by atoms with Gasteiger partial charge in [-0.05, 0) is 86.0 Å². The SMILES string of the molecule is CC(C)(O)c1ccc(N2CCN(S(=O)(=O)c3cccs3)C[C@@H]2CN2CCS(=O)(=O)CC2)cc1.CC(C)(O)c1ccc(N2CCN(S(=O)(=O)c3cccs3)C[C@@H]2CN2CCS(=O)(=O)CC2)cc1. The zero-order valence-electron chi connectivity index (χ0n) is 37.8. The molecule has 4 aromatic rings. The average molecular weight is 1030 g/mol. The number of rotatable bonds is 12.